The van der Waals surface area contributed by atoms with Crippen molar-refractivity contribution in [3.63, 3.8) is 0 Å². The van der Waals surface area contributed by atoms with Crippen LogP contribution >= 0.6 is 11.3 Å². The van der Waals surface area contributed by atoms with E-state index in [2.05, 4.69) is 17.2 Å². The van der Waals surface area contributed by atoms with E-state index in [-0.39, 0.29) is 18.6 Å². The van der Waals surface area contributed by atoms with Crippen molar-refractivity contribution in [3.8, 4) is 10.8 Å². The first kappa shape index (κ1) is 13.3. The van der Waals surface area contributed by atoms with E-state index in [0.717, 1.165) is 16.5 Å². The second-order valence-corrected chi connectivity index (χ2v) is 5.31. The van der Waals surface area contributed by atoms with Crippen LogP contribution in [0.4, 0.5) is 0 Å². The van der Waals surface area contributed by atoms with Gasteiger partial charge in [-0.15, -0.1) is 11.3 Å². The fourth-order valence-electron chi connectivity index (χ4n) is 1.53. The van der Waals surface area contributed by atoms with E-state index in [9.17, 15) is 0 Å². The van der Waals surface area contributed by atoms with E-state index in [1.165, 1.54) is 0 Å². The van der Waals surface area contributed by atoms with Crippen molar-refractivity contribution in [2.75, 3.05) is 6.61 Å². The van der Waals surface area contributed by atoms with E-state index in [0.29, 0.717) is 6.54 Å². The van der Waals surface area contributed by atoms with Crippen LogP contribution in [0, 0.1) is 5.92 Å². The van der Waals surface area contributed by atoms with Crippen molar-refractivity contribution in [1.29, 1.82) is 0 Å². The lowest BCUT2D eigenvalue weighted by Gasteiger charge is -2.18. The zero-order chi connectivity index (χ0) is 13.0. The van der Waals surface area contributed by atoms with Gasteiger partial charge < -0.3 is 14.8 Å². The van der Waals surface area contributed by atoms with Gasteiger partial charge in [-0.25, -0.2) is 4.98 Å². The number of hydrogen-bond donors (Lipinski definition) is 2. The monoisotopic (exact) mass is 266 g/mol. The van der Waals surface area contributed by atoms with Gasteiger partial charge in [-0.3, -0.25) is 0 Å². The molecule has 0 amide bonds. The molecule has 2 unspecified atom stereocenters. The summed E-state index contributed by atoms with van der Waals surface area (Å²) in [6, 6.07) is 4.04. The van der Waals surface area contributed by atoms with Gasteiger partial charge in [0.15, 0.2) is 10.8 Å². The molecule has 2 N–H and O–H groups in total. The molecule has 0 aromatic carbocycles. The van der Waals surface area contributed by atoms with Gasteiger partial charge >= 0.3 is 0 Å². The maximum Gasteiger partial charge on any atom is 0.162 e. The fraction of sp³-hybridized carbons (Fsp3) is 0.462. The van der Waals surface area contributed by atoms with Crippen molar-refractivity contribution in [1.82, 2.24) is 10.3 Å². The highest BCUT2D eigenvalue weighted by Crippen LogP contribution is 2.23. The number of aliphatic hydroxyl groups excluding tert-OH is 1. The summed E-state index contributed by atoms with van der Waals surface area (Å²) < 4.78 is 5.31. The smallest absolute Gasteiger partial charge is 0.162 e. The summed E-state index contributed by atoms with van der Waals surface area (Å²) in [6.45, 7) is 5.00. The highest BCUT2D eigenvalue weighted by Gasteiger charge is 2.12. The molecule has 18 heavy (non-hydrogen) atoms. The topological polar surface area (TPSA) is 58.3 Å². The first-order chi connectivity index (χ1) is 8.70. The molecule has 98 valence electrons. The summed E-state index contributed by atoms with van der Waals surface area (Å²) in [5.74, 6) is 1.05. The standard InChI is InChI=1S/C13H18N2O2S/c1-9(7-16)10(2)14-6-11-8-18-13(15-11)12-4-3-5-17-12/h3-5,8-10,14,16H,6-7H2,1-2H3. The average molecular weight is 266 g/mol. The Labute approximate surface area is 111 Å². The molecule has 0 spiro atoms. The second-order valence-electron chi connectivity index (χ2n) is 4.45. The van der Waals surface area contributed by atoms with Crippen LogP contribution in [0.1, 0.15) is 19.5 Å². The zero-order valence-corrected chi connectivity index (χ0v) is 11.4. The van der Waals surface area contributed by atoms with Crippen LogP contribution in [0.2, 0.25) is 0 Å². The number of thiazole rings is 1. The quantitative estimate of drug-likeness (QED) is 0.843. The van der Waals surface area contributed by atoms with Gasteiger partial charge in [-0.05, 0) is 25.0 Å². The minimum absolute atomic E-state index is 0.197. The third-order valence-corrected chi connectivity index (χ3v) is 3.94. The van der Waals surface area contributed by atoms with Gasteiger partial charge in [0.1, 0.15) is 0 Å². The number of hydrogen-bond acceptors (Lipinski definition) is 5. The first-order valence-corrected chi connectivity index (χ1v) is 6.91. The molecule has 0 aliphatic carbocycles. The minimum atomic E-state index is 0.197. The van der Waals surface area contributed by atoms with Crippen LogP contribution in [0.15, 0.2) is 28.2 Å². The molecule has 0 fully saturated rings. The predicted molar refractivity (Wildman–Crippen MR) is 72.4 cm³/mol. The molecule has 2 aromatic heterocycles. The van der Waals surface area contributed by atoms with Crippen molar-refractivity contribution in [2.45, 2.75) is 26.4 Å². The lowest BCUT2D eigenvalue weighted by molar-refractivity contribution is 0.207. The van der Waals surface area contributed by atoms with Crippen LogP contribution in [0.25, 0.3) is 10.8 Å². The molecule has 0 aliphatic heterocycles. The highest BCUT2D eigenvalue weighted by molar-refractivity contribution is 7.13. The maximum absolute atomic E-state index is 9.07. The van der Waals surface area contributed by atoms with Crippen molar-refractivity contribution >= 4 is 11.3 Å². The highest BCUT2D eigenvalue weighted by atomic mass is 32.1. The van der Waals surface area contributed by atoms with Gasteiger partial charge in [0, 0.05) is 24.6 Å². The normalized spacial score (nSPS) is 14.6. The van der Waals surface area contributed by atoms with E-state index in [1.807, 2.05) is 24.4 Å². The molecular formula is C13H18N2O2S. The SMILES string of the molecule is CC(CO)C(C)NCc1csc(-c2ccco2)n1. The lowest BCUT2D eigenvalue weighted by atomic mass is 10.1. The Morgan fingerprint density at radius 3 is 3.00 bits per heavy atom. The van der Waals surface area contributed by atoms with Crippen molar-refractivity contribution < 1.29 is 9.52 Å². The summed E-state index contributed by atoms with van der Waals surface area (Å²) in [5.41, 5.74) is 1.00. The van der Waals surface area contributed by atoms with Gasteiger partial charge in [0.05, 0.1) is 12.0 Å². The Kier molecular flexibility index (Phi) is 4.52. The van der Waals surface area contributed by atoms with Crippen LogP contribution in [-0.4, -0.2) is 22.7 Å². The Hall–Kier alpha value is -1.17. The molecule has 0 bridgehead atoms. The largest absolute Gasteiger partial charge is 0.462 e. The molecule has 0 aliphatic rings. The molecular weight excluding hydrogens is 248 g/mol. The summed E-state index contributed by atoms with van der Waals surface area (Å²) >= 11 is 1.58. The third kappa shape index (κ3) is 3.19. The number of nitrogens with zero attached hydrogens (tertiary/aromatic N) is 1. The predicted octanol–water partition coefficient (Wildman–Crippen LogP) is 2.51. The number of rotatable bonds is 6. The van der Waals surface area contributed by atoms with E-state index in [4.69, 9.17) is 9.52 Å². The second kappa shape index (κ2) is 6.13. The molecule has 2 aromatic rings. The lowest BCUT2D eigenvalue weighted by Crippen LogP contribution is -2.33. The Morgan fingerprint density at radius 2 is 2.33 bits per heavy atom. The number of aliphatic hydroxyl groups is 1. The Morgan fingerprint density at radius 1 is 1.50 bits per heavy atom. The van der Waals surface area contributed by atoms with E-state index in [1.54, 1.807) is 17.6 Å². The van der Waals surface area contributed by atoms with Crippen molar-refractivity contribution in [3.05, 3.63) is 29.5 Å². The molecule has 2 atom stereocenters. The number of aromatic nitrogens is 1. The zero-order valence-electron chi connectivity index (χ0n) is 10.6. The summed E-state index contributed by atoms with van der Waals surface area (Å²) in [6.07, 6.45) is 1.65. The summed E-state index contributed by atoms with van der Waals surface area (Å²) in [5, 5.41) is 15.4. The molecule has 0 radical (unpaired) electrons. The summed E-state index contributed by atoms with van der Waals surface area (Å²) in [7, 11) is 0. The van der Waals surface area contributed by atoms with Gasteiger partial charge in [0.25, 0.3) is 0 Å². The molecule has 0 saturated carbocycles. The van der Waals surface area contributed by atoms with Crippen LogP contribution in [-0.2, 0) is 6.54 Å². The van der Waals surface area contributed by atoms with Crippen LogP contribution in [0.5, 0.6) is 0 Å². The number of nitrogens with one attached hydrogen (secondary N) is 1. The first-order valence-electron chi connectivity index (χ1n) is 6.03. The molecule has 4 nitrogen and oxygen atoms in total. The summed E-state index contributed by atoms with van der Waals surface area (Å²) in [4.78, 5) is 4.51. The Bertz CT molecular complexity index is 467. The molecule has 5 heteroatoms. The fourth-order valence-corrected chi connectivity index (χ4v) is 2.31. The number of furan rings is 1. The average Bonchev–Trinajstić information content (AvgIpc) is 3.04. The molecule has 0 saturated heterocycles. The van der Waals surface area contributed by atoms with Crippen molar-refractivity contribution in [2.24, 2.45) is 5.92 Å². The van der Waals surface area contributed by atoms with Gasteiger partial charge in [-0.1, -0.05) is 6.92 Å². The van der Waals surface area contributed by atoms with Gasteiger partial charge in [-0.2, -0.15) is 0 Å². The molecule has 2 rings (SSSR count). The van der Waals surface area contributed by atoms with Crippen LogP contribution in [0.3, 0.4) is 0 Å². The third-order valence-electron chi connectivity index (χ3n) is 3.03. The van der Waals surface area contributed by atoms with E-state index >= 15 is 0 Å². The molecule has 2 heterocycles. The minimum Gasteiger partial charge on any atom is -0.462 e. The Balaban J connectivity index is 1.91. The maximum atomic E-state index is 9.07. The van der Waals surface area contributed by atoms with Crippen LogP contribution < -0.4 is 5.32 Å². The van der Waals surface area contributed by atoms with Gasteiger partial charge in [0.2, 0.25) is 0 Å². The van der Waals surface area contributed by atoms with E-state index < -0.39 is 0 Å².